The van der Waals surface area contributed by atoms with Crippen LogP contribution in [0.3, 0.4) is 0 Å². The van der Waals surface area contributed by atoms with Crippen LogP contribution in [0.2, 0.25) is 0 Å². The number of rotatable bonds is 4. The third kappa shape index (κ3) is 9.09. The summed E-state index contributed by atoms with van der Waals surface area (Å²) in [4.78, 5) is 8.24. The lowest BCUT2D eigenvalue weighted by molar-refractivity contribution is 0.204. The smallest absolute Gasteiger partial charge is 0.376 e. The Kier molecular flexibility index (Phi) is 8.53. The molecule has 18 heavy (non-hydrogen) atoms. The molecule has 1 aromatic rings. The molecule has 0 aliphatic rings. The van der Waals surface area contributed by atoms with Crippen LogP contribution >= 0.6 is 20.0 Å². The number of nitrogens with two attached hydrogens (primary N) is 1. The van der Waals surface area contributed by atoms with Crippen LogP contribution in [0, 0.1) is 0 Å². The molecule has 0 saturated heterocycles. The van der Waals surface area contributed by atoms with Crippen LogP contribution in [0.4, 0.5) is 0 Å². The number of phosphoric acid groups is 1. The molecule has 1 aromatic carbocycles. The van der Waals surface area contributed by atoms with Crippen molar-refractivity contribution in [2.75, 3.05) is 14.2 Å². The summed E-state index contributed by atoms with van der Waals surface area (Å²) in [6.07, 6.45) is 0. The minimum atomic E-state index is -3.65. The maximum absolute atomic E-state index is 10.1. The molecule has 1 rings (SSSR count). The summed E-state index contributed by atoms with van der Waals surface area (Å²) >= 11 is 4.66. The van der Waals surface area contributed by atoms with Crippen molar-refractivity contribution >= 4 is 25.2 Å². The van der Waals surface area contributed by atoms with Crippen molar-refractivity contribution in [3.8, 4) is 0 Å². The van der Waals surface area contributed by atoms with Crippen molar-refractivity contribution in [1.29, 1.82) is 0 Å². The van der Waals surface area contributed by atoms with Gasteiger partial charge in [-0.15, -0.1) is 0 Å². The van der Waals surface area contributed by atoms with Crippen LogP contribution in [0.1, 0.15) is 5.56 Å². The number of nitrogens with one attached hydrogen (secondary N) is 1. The third-order valence-corrected chi connectivity index (χ3v) is 2.84. The zero-order valence-electron chi connectivity index (χ0n) is 10.2. The molecular formula is C10H17N2O4PS. The molecule has 0 unspecified atom stereocenters. The zero-order chi connectivity index (χ0) is 14.0. The van der Waals surface area contributed by atoms with Gasteiger partial charge in [0, 0.05) is 20.8 Å². The highest BCUT2D eigenvalue weighted by molar-refractivity contribution is 7.80. The molecule has 6 nitrogen and oxygen atoms in total. The van der Waals surface area contributed by atoms with Crippen molar-refractivity contribution in [3.63, 3.8) is 0 Å². The molecule has 0 aromatic heterocycles. The number of phosphoric ester groups is 1. The molecule has 0 bridgehead atoms. The monoisotopic (exact) mass is 292 g/mol. The Balaban J connectivity index is 0.000000360. The molecule has 0 spiro atoms. The van der Waals surface area contributed by atoms with E-state index in [9.17, 15) is 4.57 Å². The Morgan fingerprint density at radius 1 is 1.39 bits per heavy atom. The highest BCUT2D eigenvalue weighted by atomic mass is 32.1. The molecule has 4 N–H and O–H groups in total. The van der Waals surface area contributed by atoms with Crippen molar-refractivity contribution in [1.82, 2.24) is 5.32 Å². The van der Waals surface area contributed by atoms with Gasteiger partial charge >= 0.3 is 7.82 Å². The normalized spacial score (nSPS) is 10.2. The maximum Gasteiger partial charge on any atom is 0.471 e. The number of benzene rings is 1. The van der Waals surface area contributed by atoms with E-state index >= 15 is 0 Å². The summed E-state index contributed by atoms with van der Waals surface area (Å²) in [7, 11) is -1.45. The first kappa shape index (κ1) is 17.0. The van der Waals surface area contributed by atoms with E-state index < -0.39 is 7.82 Å². The molecule has 8 heteroatoms. The average Bonchev–Trinajstić information content (AvgIpc) is 2.38. The lowest BCUT2D eigenvalue weighted by atomic mass is 10.2. The van der Waals surface area contributed by atoms with E-state index in [1.807, 2.05) is 30.3 Å². The topological polar surface area (TPSA) is 93.8 Å². The fourth-order valence-electron chi connectivity index (χ4n) is 0.860. The lowest BCUT2D eigenvalue weighted by Crippen LogP contribution is -2.28. The van der Waals surface area contributed by atoms with Gasteiger partial charge in [-0.1, -0.05) is 30.3 Å². The van der Waals surface area contributed by atoms with Crippen molar-refractivity contribution in [2.45, 2.75) is 6.54 Å². The summed E-state index contributed by atoms with van der Waals surface area (Å²) in [5.74, 6) is 0. The SMILES string of the molecule is COP(=O)(O)OC.NC(=S)NCc1ccccc1. The molecule has 0 amide bonds. The van der Waals surface area contributed by atoms with E-state index in [1.165, 1.54) is 5.56 Å². The third-order valence-electron chi connectivity index (χ3n) is 1.77. The van der Waals surface area contributed by atoms with E-state index in [-0.39, 0.29) is 0 Å². The Morgan fingerprint density at radius 2 is 1.89 bits per heavy atom. The summed E-state index contributed by atoms with van der Waals surface area (Å²) in [6, 6.07) is 9.98. The summed E-state index contributed by atoms with van der Waals surface area (Å²) in [5, 5.41) is 3.21. The molecule has 0 aliphatic carbocycles. The van der Waals surface area contributed by atoms with Crippen LogP contribution in [0.25, 0.3) is 0 Å². The van der Waals surface area contributed by atoms with E-state index in [2.05, 4.69) is 26.6 Å². The van der Waals surface area contributed by atoms with E-state index in [0.717, 1.165) is 14.2 Å². The van der Waals surface area contributed by atoms with Crippen LogP contribution in [-0.4, -0.2) is 24.2 Å². The van der Waals surface area contributed by atoms with Crippen molar-refractivity contribution < 1.29 is 18.5 Å². The Labute approximate surface area is 112 Å². The minimum absolute atomic E-state index is 0.342. The van der Waals surface area contributed by atoms with Gasteiger partial charge in [0.25, 0.3) is 0 Å². The zero-order valence-corrected chi connectivity index (χ0v) is 11.9. The summed E-state index contributed by atoms with van der Waals surface area (Å²) in [5.41, 5.74) is 6.44. The Bertz CT molecular complexity index is 394. The van der Waals surface area contributed by atoms with Crippen LogP contribution in [0.5, 0.6) is 0 Å². The van der Waals surface area contributed by atoms with Gasteiger partial charge in [0.05, 0.1) is 0 Å². The first-order valence-corrected chi connectivity index (χ1v) is 6.83. The second kappa shape index (κ2) is 9.02. The maximum atomic E-state index is 10.1. The molecule has 0 radical (unpaired) electrons. The van der Waals surface area contributed by atoms with Gasteiger partial charge in [-0.2, -0.15) is 0 Å². The van der Waals surface area contributed by atoms with Crippen LogP contribution in [0.15, 0.2) is 30.3 Å². The predicted octanol–water partition coefficient (Wildman–Crippen LogP) is 1.40. The van der Waals surface area contributed by atoms with E-state index in [0.29, 0.717) is 11.7 Å². The molecule has 0 aliphatic heterocycles. The van der Waals surface area contributed by atoms with Gasteiger partial charge in [-0.3, -0.25) is 9.05 Å². The van der Waals surface area contributed by atoms with Crippen LogP contribution in [-0.2, 0) is 20.2 Å². The predicted molar refractivity (Wildman–Crippen MR) is 73.9 cm³/mol. The Hall–Kier alpha value is -0.980. The average molecular weight is 292 g/mol. The quantitative estimate of drug-likeness (QED) is 0.570. The minimum Gasteiger partial charge on any atom is -0.376 e. The van der Waals surface area contributed by atoms with E-state index in [4.69, 9.17) is 10.6 Å². The highest BCUT2D eigenvalue weighted by Gasteiger charge is 2.13. The standard InChI is InChI=1S/C8H10N2S.C2H7O4P/c9-8(11)10-6-7-4-2-1-3-5-7;1-5-7(3,4)6-2/h1-5H,6H2,(H3,9,10,11);1-2H3,(H,3,4). The van der Waals surface area contributed by atoms with Gasteiger partial charge in [0.1, 0.15) is 0 Å². The number of hydrogen-bond acceptors (Lipinski definition) is 4. The molecule has 102 valence electrons. The molecule has 0 atom stereocenters. The van der Waals surface area contributed by atoms with E-state index in [1.54, 1.807) is 0 Å². The first-order chi connectivity index (χ1) is 8.41. The fraction of sp³-hybridized carbons (Fsp3) is 0.300. The lowest BCUT2D eigenvalue weighted by Gasteiger charge is -2.02. The molecule has 0 fully saturated rings. The van der Waals surface area contributed by atoms with Crippen molar-refractivity contribution in [3.05, 3.63) is 35.9 Å². The second-order valence-corrected chi connectivity index (χ2v) is 5.14. The molecule has 0 heterocycles. The van der Waals surface area contributed by atoms with Gasteiger partial charge in [0.15, 0.2) is 5.11 Å². The first-order valence-electron chi connectivity index (χ1n) is 4.92. The number of thiocarbonyl (C=S) groups is 1. The fourth-order valence-corrected chi connectivity index (χ4v) is 1.08. The van der Waals surface area contributed by atoms with Gasteiger partial charge in [0.2, 0.25) is 0 Å². The number of hydrogen-bond donors (Lipinski definition) is 3. The highest BCUT2D eigenvalue weighted by Crippen LogP contribution is 2.40. The van der Waals surface area contributed by atoms with Crippen LogP contribution < -0.4 is 11.1 Å². The van der Waals surface area contributed by atoms with Crippen molar-refractivity contribution in [2.24, 2.45) is 5.73 Å². The summed E-state index contributed by atoms with van der Waals surface area (Å²) in [6.45, 7) is 0.705. The van der Waals surface area contributed by atoms with Gasteiger partial charge in [-0.25, -0.2) is 4.57 Å². The molecule has 0 saturated carbocycles. The Morgan fingerprint density at radius 3 is 2.22 bits per heavy atom. The largest absolute Gasteiger partial charge is 0.471 e. The molecular weight excluding hydrogens is 275 g/mol. The van der Waals surface area contributed by atoms with Gasteiger partial charge < -0.3 is 15.9 Å². The summed E-state index contributed by atoms with van der Waals surface area (Å²) < 4.78 is 18.0. The van der Waals surface area contributed by atoms with Gasteiger partial charge in [-0.05, 0) is 17.8 Å². The second-order valence-electron chi connectivity index (χ2n) is 3.04.